The highest BCUT2D eigenvalue weighted by molar-refractivity contribution is 5.64. The first-order valence-electron chi connectivity index (χ1n) is 2.86. The lowest BCUT2D eigenvalue weighted by atomic mass is 9.96. The molecule has 0 radical (unpaired) electrons. The monoisotopic (exact) mass is 142 g/mol. The largest absolute Gasteiger partial charge is 0.465 e. The topological polar surface area (TPSA) is 73.1 Å². The second-order valence-corrected chi connectivity index (χ2v) is 2.65. The average molecular weight is 142 g/mol. The standard InChI is InChI=1S/C6H10N2O2/c1-6(2,3-7)4-8-5(9)10/h8H,4H2,1-2H3,(H,9,10). The average Bonchev–Trinajstić information content (AvgIpc) is 1.85. The zero-order valence-corrected chi connectivity index (χ0v) is 6.01. The Morgan fingerprint density at radius 3 is 2.60 bits per heavy atom. The molecule has 10 heavy (non-hydrogen) atoms. The number of amides is 1. The van der Waals surface area contributed by atoms with Crippen LogP contribution in [0.3, 0.4) is 0 Å². The quantitative estimate of drug-likeness (QED) is 0.599. The molecule has 0 aliphatic rings. The van der Waals surface area contributed by atoms with Crippen LogP contribution in [0.5, 0.6) is 0 Å². The van der Waals surface area contributed by atoms with Crippen LogP contribution >= 0.6 is 0 Å². The van der Waals surface area contributed by atoms with Crippen molar-refractivity contribution < 1.29 is 9.90 Å². The molecule has 2 N–H and O–H groups in total. The van der Waals surface area contributed by atoms with Crippen molar-refractivity contribution in [3.63, 3.8) is 0 Å². The van der Waals surface area contributed by atoms with Crippen molar-refractivity contribution >= 4 is 6.09 Å². The second-order valence-electron chi connectivity index (χ2n) is 2.65. The Labute approximate surface area is 59.5 Å². The molecular weight excluding hydrogens is 132 g/mol. The van der Waals surface area contributed by atoms with Crippen molar-refractivity contribution in [2.24, 2.45) is 5.41 Å². The van der Waals surface area contributed by atoms with Crippen LogP contribution in [0.1, 0.15) is 13.8 Å². The van der Waals surface area contributed by atoms with Crippen LogP contribution < -0.4 is 5.32 Å². The van der Waals surface area contributed by atoms with Crippen molar-refractivity contribution in [2.75, 3.05) is 6.54 Å². The first-order valence-corrected chi connectivity index (χ1v) is 2.86. The number of nitrogens with zero attached hydrogens (tertiary/aromatic N) is 1. The number of hydrogen-bond donors (Lipinski definition) is 2. The molecule has 0 bridgehead atoms. The molecule has 0 saturated heterocycles. The normalized spacial score (nSPS) is 10.1. The Kier molecular flexibility index (Phi) is 2.68. The Bertz CT molecular complexity index is 169. The molecule has 0 spiro atoms. The predicted molar refractivity (Wildman–Crippen MR) is 35.4 cm³/mol. The highest BCUT2D eigenvalue weighted by Crippen LogP contribution is 2.09. The molecule has 0 aromatic heterocycles. The van der Waals surface area contributed by atoms with E-state index in [0.29, 0.717) is 0 Å². The van der Waals surface area contributed by atoms with E-state index < -0.39 is 11.5 Å². The highest BCUT2D eigenvalue weighted by atomic mass is 16.4. The zero-order valence-electron chi connectivity index (χ0n) is 6.01. The van der Waals surface area contributed by atoms with Gasteiger partial charge in [0.1, 0.15) is 0 Å². The predicted octanol–water partition coefficient (Wildman–Crippen LogP) is 0.804. The minimum absolute atomic E-state index is 0.166. The van der Waals surface area contributed by atoms with E-state index in [4.69, 9.17) is 10.4 Å². The van der Waals surface area contributed by atoms with Gasteiger partial charge in [-0.25, -0.2) is 4.79 Å². The van der Waals surface area contributed by atoms with Gasteiger partial charge >= 0.3 is 6.09 Å². The highest BCUT2D eigenvalue weighted by Gasteiger charge is 2.16. The van der Waals surface area contributed by atoms with Gasteiger partial charge in [-0.2, -0.15) is 5.26 Å². The summed E-state index contributed by atoms with van der Waals surface area (Å²) in [5.74, 6) is 0. The Balaban J connectivity index is 3.71. The second kappa shape index (κ2) is 3.06. The van der Waals surface area contributed by atoms with Crippen molar-refractivity contribution in [1.82, 2.24) is 5.32 Å². The summed E-state index contributed by atoms with van der Waals surface area (Å²) in [5, 5.41) is 18.7. The summed E-state index contributed by atoms with van der Waals surface area (Å²) >= 11 is 0. The van der Waals surface area contributed by atoms with Gasteiger partial charge in [0.05, 0.1) is 11.5 Å². The third-order valence-corrected chi connectivity index (χ3v) is 0.984. The van der Waals surface area contributed by atoms with Crippen LogP contribution in [0.25, 0.3) is 0 Å². The molecule has 0 unspecified atom stereocenters. The molecule has 0 saturated carbocycles. The smallest absolute Gasteiger partial charge is 0.404 e. The molecule has 56 valence electrons. The lowest BCUT2D eigenvalue weighted by Crippen LogP contribution is -2.31. The van der Waals surface area contributed by atoms with Crippen molar-refractivity contribution in [1.29, 1.82) is 5.26 Å². The van der Waals surface area contributed by atoms with Crippen molar-refractivity contribution in [2.45, 2.75) is 13.8 Å². The Hall–Kier alpha value is -1.24. The van der Waals surface area contributed by atoms with Crippen LogP contribution in [0.4, 0.5) is 4.79 Å². The minimum atomic E-state index is -1.09. The summed E-state index contributed by atoms with van der Waals surface area (Å²) in [6.07, 6.45) is -1.09. The third-order valence-electron chi connectivity index (χ3n) is 0.984. The maximum Gasteiger partial charge on any atom is 0.404 e. The van der Waals surface area contributed by atoms with Gasteiger partial charge in [-0.3, -0.25) is 0 Å². The van der Waals surface area contributed by atoms with Crippen LogP contribution in [0.15, 0.2) is 0 Å². The summed E-state index contributed by atoms with van der Waals surface area (Å²) in [5.41, 5.74) is -0.613. The van der Waals surface area contributed by atoms with Gasteiger partial charge in [0, 0.05) is 6.54 Å². The number of carboxylic acid groups (broad SMARTS) is 1. The first-order chi connectivity index (χ1) is 4.48. The maximum atomic E-state index is 9.94. The molecule has 4 heteroatoms. The van der Waals surface area contributed by atoms with E-state index in [2.05, 4.69) is 5.32 Å². The molecule has 1 amide bonds. The van der Waals surface area contributed by atoms with E-state index in [1.165, 1.54) is 0 Å². The fraction of sp³-hybridized carbons (Fsp3) is 0.667. The number of nitriles is 1. The molecule has 0 aliphatic heterocycles. The maximum absolute atomic E-state index is 9.94. The van der Waals surface area contributed by atoms with Gasteiger partial charge in [0.25, 0.3) is 0 Å². The Morgan fingerprint density at radius 2 is 2.30 bits per heavy atom. The lowest BCUT2D eigenvalue weighted by molar-refractivity contribution is 0.191. The van der Waals surface area contributed by atoms with Gasteiger partial charge in [-0.05, 0) is 13.8 Å². The molecule has 0 heterocycles. The summed E-state index contributed by atoms with van der Waals surface area (Å²) in [6, 6.07) is 1.97. The molecule has 0 fully saturated rings. The van der Waals surface area contributed by atoms with Crippen LogP contribution in [-0.4, -0.2) is 17.7 Å². The van der Waals surface area contributed by atoms with Crippen molar-refractivity contribution in [3.8, 4) is 6.07 Å². The fourth-order valence-electron chi connectivity index (χ4n) is 0.336. The van der Waals surface area contributed by atoms with Gasteiger partial charge in [0.2, 0.25) is 0 Å². The third kappa shape index (κ3) is 3.72. The molecule has 4 nitrogen and oxygen atoms in total. The summed E-state index contributed by atoms with van der Waals surface area (Å²) in [7, 11) is 0. The van der Waals surface area contributed by atoms with E-state index >= 15 is 0 Å². The number of nitrogens with one attached hydrogen (secondary N) is 1. The van der Waals surface area contributed by atoms with E-state index in [9.17, 15) is 4.79 Å². The van der Waals surface area contributed by atoms with Gasteiger partial charge in [-0.15, -0.1) is 0 Å². The molecule has 0 atom stereocenters. The minimum Gasteiger partial charge on any atom is -0.465 e. The Morgan fingerprint density at radius 1 is 1.80 bits per heavy atom. The fourth-order valence-corrected chi connectivity index (χ4v) is 0.336. The summed E-state index contributed by atoms with van der Waals surface area (Å²) in [4.78, 5) is 9.94. The van der Waals surface area contributed by atoms with E-state index in [1.54, 1.807) is 13.8 Å². The van der Waals surface area contributed by atoms with Crippen LogP contribution in [-0.2, 0) is 0 Å². The van der Waals surface area contributed by atoms with Gasteiger partial charge in [0.15, 0.2) is 0 Å². The van der Waals surface area contributed by atoms with E-state index in [-0.39, 0.29) is 6.54 Å². The molecular formula is C6H10N2O2. The summed E-state index contributed by atoms with van der Waals surface area (Å²) in [6.45, 7) is 3.50. The van der Waals surface area contributed by atoms with E-state index in [1.807, 2.05) is 6.07 Å². The molecule has 0 aliphatic carbocycles. The van der Waals surface area contributed by atoms with Crippen molar-refractivity contribution in [3.05, 3.63) is 0 Å². The van der Waals surface area contributed by atoms with E-state index in [0.717, 1.165) is 0 Å². The van der Waals surface area contributed by atoms with Gasteiger partial charge < -0.3 is 10.4 Å². The first kappa shape index (κ1) is 8.76. The summed E-state index contributed by atoms with van der Waals surface area (Å²) < 4.78 is 0. The SMILES string of the molecule is CC(C)(C#N)CNC(=O)O. The lowest BCUT2D eigenvalue weighted by Gasteiger charge is -2.13. The number of rotatable bonds is 2. The van der Waals surface area contributed by atoms with Crippen LogP contribution in [0.2, 0.25) is 0 Å². The molecule has 0 aromatic rings. The molecule has 0 aromatic carbocycles. The number of carbonyl (C=O) groups is 1. The molecule has 0 rings (SSSR count). The van der Waals surface area contributed by atoms with Gasteiger partial charge in [-0.1, -0.05) is 0 Å². The zero-order chi connectivity index (χ0) is 8.20. The number of hydrogen-bond acceptors (Lipinski definition) is 2. The van der Waals surface area contributed by atoms with Crippen LogP contribution in [0, 0.1) is 16.7 Å².